The van der Waals surface area contributed by atoms with Crippen LogP contribution in [0.1, 0.15) is 12.5 Å². The van der Waals surface area contributed by atoms with Gasteiger partial charge in [0.15, 0.2) is 11.5 Å². The monoisotopic (exact) mass is 359 g/mol. The van der Waals surface area contributed by atoms with Crippen LogP contribution < -0.4 is 14.9 Å². The quantitative estimate of drug-likeness (QED) is 0.490. The molecule has 0 spiro atoms. The number of anilines is 1. The molecule has 0 amide bonds. The number of hydrazone groups is 1. The second-order valence-electron chi connectivity index (χ2n) is 4.70. The van der Waals surface area contributed by atoms with Crippen molar-refractivity contribution < 1.29 is 9.47 Å². The molecule has 2 aromatic heterocycles. The zero-order valence-electron chi connectivity index (χ0n) is 13.4. The van der Waals surface area contributed by atoms with Crippen LogP contribution in [0, 0.1) is 0 Å². The third kappa shape index (κ3) is 3.74. The van der Waals surface area contributed by atoms with Crippen molar-refractivity contribution in [3.8, 4) is 22.1 Å². The van der Waals surface area contributed by atoms with Gasteiger partial charge in [-0.25, -0.2) is 4.98 Å². The van der Waals surface area contributed by atoms with Crippen molar-refractivity contribution in [2.45, 2.75) is 6.92 Å². The average molecular weight is 359 g/mol. The maximum absolute atomic E-state index is 5.56. The van der Waals surface area contributed by atoms with Crippen LogP contribution in [0.5, 0.6) is 11.5 Å². The van der Waals surface area contributed by atoms with Crippen molar-refractivity contribution >= 4 is 34.0 Å². The highest BCUT2D eigenvalue weighted by Crippen LogP contribution is 2.30. The fourth-order valence-corrected chi connectivity index (χ4v) is 3.56. The van der Waals surface area contributed by atoms with Crippen molar-refractivity contribution in [3.63, 3.8) is 0 Å². The minimum atomic E-state index is 0.583. The van der Waals surface area contributed by atoms with E-state index in [2.05, 4.69) is 21.6 Å². The largest absolute Gasteiger partial charge is 0.492 e. The van der Waals surface area contributed by atoms with Gasteiger partial charge in [0, 0.05) is 10.9 Å². The number of thiazole rings is 1. The molecule has 1 aromatic carbocycles. The smallest absolute Gasteiger partial charge is 0.203 e. The molecule has 3 aromatic rings. The second kappa shape index (κ2) is 7.94. The van der Waals surface area contributed by atoms with Gasteiger partial charge in [0.05, 0.1) is 30.5 Å². The number of thiophene rings is 1. The molecule has 3 rings (SSSR count). The number of rotatable bonds is 7. The average Bonchev–Trinajstić information content (AvgIpc) is 3.27. The van der Waals surface area contributed by atoms with Gasteiger partial charge in [0.25, 0.3) is 0 Å². The van der Waals surface area contributed by atoms with E-state index in [9.17, 15) is 0 Å². The van der Waals surface area contributed by atoms with Crippen LogP contribution in [0.4, 0.5) is 5.13 Å². The van der Waals surface area contributed by atoms with Gasteiger partial charge < -0.3 is 9.47 Å². The van der Waals surface area contributed by atoms with E-state index in [1.807, 2.05) is 41.9 Å². The third-order valence-electron chi connectivity index (χ3n) is 3.15. The van der Waals surface area contributed by atoms with Crippen molar-refractivity contribution in [2.24, 2.45) is 5.10 Å². The first-order valence-electron chi connectivity index (χ1n) is 7.40. The van der Waals surface area contributed by atoms with Gasteiger partial charge in [-0.1, -0.05) is 12.1 Å². The highest BCUT2D eigenvalue weighted by atomic mass is 32.1. The normalized spacial score (nSPS) is 10.9. The number of hydrogen-bond acceptors (Lipinski definition) is 7. The Hall–Kier alpha value is -2.38. The Morgan fingerprint density at radius 2 is 2.17 bits per heavy atom. The lowest BCUT2D eigenvalue weighted by Crippen LogP contribution is -1.99. The molecule has 0 saturated heterocycles. The molecular weight excluding hydrogens is 342 g/mol. The van der Waals surface area contributed by atoms with E-state index >= 15 is 0 Å². The number of para-hydroxylation sites is 1. The van der Waals surface area contributed by atoms with Gasteiger partial charge in [-0.3, -0.25) is 5.43 Å². The van der Waals surface area contributed by atoms with Gasteiger partial charge in [0.2, 0.25) is 5.13 Å². The van der Waals surface area contributed by atoms with E-state index in [-0.39, 0.29) is 0 Å². The Morgan fingerprint density at radius 1 is 1.25 bits per heavy atom. The maximum atomic E-state index is 5.56. The third-order valence-corrected chi connectivity index (χ3v) is 4.79. The number of nitrogens with zero attached hydrogens (tertiary/aromatic N) is 2. The first-order valence-corrected chi connectivity index (χ1v) is 9.16. The standard InChI is InChI=1S/C17H17N3O2S2/c1-3-22-14-7-4-6-12(16(14)21-2)10-18-20-17-19-13(11-24-17)15-8-5-9-23-15/h4-11H,3H2,1-2H3,(H,19,20)/b18-10-. The van der Waals surface area contributed by atoms with Gasteiger partial charge in [0.1, 0.15) is 0 Å². The van der Waals surface area contributed by atoms with E-state index in [1.165, 1.54) is 11.3 Å². The Balaban J connectivity index is 1.72. The molecule has 1 N–H and O–H groups in total. The van der Waals surface area contributed by atoms with Crippen LogP contribution in [0.3, 0.4) is 0 Å². The van der Waals surface area contributed by atoms with Crippen LogP contribution in [0.2, 0.25) is 0 Å². The van der Waals surface area contributed by atoms with Crippen molar-refractivity contribution in [1.29, 1.82) is 0 Å². The fourth-order valence-electron chi connectivity index (χ4n) is 2.14. The second-order valence-corrected chi connectivity index (χ2v) is 6.50. The van der Waals surface area contributed by atoms with E-state index in [1.54, 1.807) is 24.7 Å². The Bertz CT molecular complexity index is 813. The number of benzene rings is 1. The molecule has 0 aliphatic carbocycles. The van der Waals surface area contributed by atoms with Gasteiger partial charge >= 0.3 is 0 Å². The predicted octanol–water partition coefficient (Wildman–Crippen LogP) is 4.72. The summed E-state index contributed by atoms with van der Waals surface area (Å²) in [6.45, 7) is 2.52. The molecule has 0 atom stereocenters. The number of hydrogen-bond donors (Lipinski definition) is 1. The summed E-state index contributed by atoms with van der Waals surface area (Å²) in [5, 5.41) is 9.06. The predicted molar refractivity (Wildman–Crippen MR) is 101 cm³/mol. The van der Waals surface area contributed by atoms with E-state index < -0.39 is 0 Å². The lowest BCUT2D eigenvalue weighted by atomic mass is 10.2. The van der Waals surface area contributed by atoms with E-state index in [4.69, 9.17) is 9.47 Å². The summed E-state index contributed by atoms with van der Waals surface area (Å²) in [5.41, 5.74) is 4.76. The lowest BCUT2D eigenvalue weighted by Gasteiger charge is -2.10. The van der Waals surface area contributed by atoms with E-state index in [0.717, 1.165) is 21.3 Å². The summed E-state index contributed by atoms with van der Waals surface area (Å²) < 4.78 is 11.0. The van der Waals surface area contributed by atoms with Crippen molar-refractivity contribution in [3.05, 3.63) is 46.7 Å². The summed E-state index contributed by atoms with van der Waals surface area (Å²) in [5.74, 6) is 1.38. The number of aromatic nitrogens is 1. The van der Waals surface area contributed by atoms with Gasteiger partial charge in [-0.2, -0.15) is 5.10 Å². The van der Waals surface area contributed by atoms with Crippen LogP contribution in [-0.4, -0.2) is 24.9 Å². The molecule has 0 unspecified atom stereocenters. The number of methoxy groups -OCH3 is 1. The Labute approximate surface area is 148 Å². The fraction of sp³-hybridized carbons (Fsp3) is 0.176. The maximum Gasteiger partial charge on any atom is 0.203 e. The van der Waals surface area contributed by atoms with Crippen LogP contribution in [0.25, 0.3) is 10.6 Å². The molecule has 0 radical (unpaired) electrons. The molecule has 0 fully saturated rings. The summed E-state index contributed by atoms with van der Waals surface area (Å²) in [4.78, 5) is 5.67. The molecule has 2 heterocycles. The molecule has 0 bridgehead atoms. The Morgan fingerprint density at radius 3 is 2.92 bits per heavy atom. The first-order chi connectivity index (χ1) is 11.8. The SMILES string of the molecule is CCOc1cccc(/C=N\Nc2nc(-c3cccs3)cs2)c1OC. The zero-order chi connectivity index (χ0) is 16.8. The Kier molecular flexibility index (Phi) is 5.45. The topological polar surface area (TPSA) is 55.7 Å². The van der Waals surface area contributed by atoms with Crippen LogP contribution >= 0.6 is 22.7 Å². The molecule has 0 aliphatic heterocycles. The molecule has 5 nitrogen and oxygen atoms in total. The zero-order valence-corrected chi connectivity index (χ0v) is 15.0. The number of nitrogens with one attached hydrogen (secondary N) is 1. The molecule has 124 valence electrons. The minimum absolute atomic E-state index is 0.583. The molecule has 0 aliphatic rings. The van der Waals surface area contributed by atoms with Crippen LogP contribution in [-0.2, 0) is 0 Å². The minimum Gasteiger partial charge on any atom is -0.492 e. The molecular formula is C17H17N3O2S2. The highest BCUT2D eigenvalue weighted by Gasteiger charge is 2.08. The lowest BCUT2D eigenvalue weighted by molar-refractivity contribution is 0.311. The van der Waals surface area contributed by atoms with Gasteiger partial charge in [-0.05, 0) is 30.5 Å². The van der Waals surface area contributed by atoms with Crippen LogP contribution in [0.15, 0.2) is 46.2 Å². The van der Waals surface area contributed by atoms with Crippen molar-refractivity contribution in [1.82, 2.24) is 4.98 Å². The number of ether oxygens (including phenoxy) is 2. The summed E-state index contributed by atoms with van der Waals surface area (Å²) >= 11 is 3.19. The van der Waals surface area contributed by atoms with Gasteiger partial charge in [-0.15, -0.1) is 22.7 Å². The summed E-state index contributed by atoms with van der Waals surface area (Å²) in [6.07, 6.45) is 1.70. The first kappa shape index (κ1) is 16.5. The van der Waals surface area contributed by atoms with E-state index in [0.29, 0.717) is 18.1 Å². The molecule has 7 heteroatoms. The summed E-state index contributed by atoms with van der Waals surface area (Å²) in [6, 6.07) is 9.78. The van der Waals surface area contributed by atoms with Crippen molar-refractivity contribution in [2.75, 3.05) is 19.1 Å². The highest BCUT2D eigenvalue weighted by molar-refractivity contribution is 7.15. The molecule has 24 heavy (non-hydrogen) atoms. The molecule has 0 saturated carbocycles. The summed E-state index contributed by atoms with van der Waals surface area (Å²) in [7, 11) is 1.62.